The van der Waals surface area contributed by atoms with Gasteiger partial charge in [-0.25, -0.2) is 0 Å². The first-order valence-corrected chi connectivity index (χ1v) is 11.1. The molecule has 3 aromatic heterocycles. The first-order valence-electron chi connectivity index (χ1n) is 10.1. The predicted molar refractivity (Wildman–Crippen MR) is 118 cm³/mol. The van der Waals surface area contributed by atoms with E-state index in [9.17, 15) is 0 Å². The Balaban J connectivity index is 1.48. The lowest BCUT2D eigenvalue weighted by Crippen LogP contribution is -2.21. The summed E-state index contributed by atoms with van der Waals surface area (Å²) in [5.74, 6) is 2.82. The lowest BCUT2D eigenvalue weighted by Gasteiger charge is -2.21. The zero-order chi connectivity index (χ0) is 20.9. The second-order valence-corrected chi connectivity index (χ2v) is 7.66. The van der Waals surface area contributed by atoms with Gasteiger partial charge in [-0.1, -0.05) is 16.9 Å². The van der Waals surface area contributed by atoms with E-state index in [0.717, 1.165) is 41.9 Å². The van der Waals surface area contributed by atoms with Crippen LogP contribution in [0.3, 0.4) is 0 Å². The van der Waals surface area contributed by atoms with Crippen molar-refractivity contribution in [2.24, 2.45) is 0 Å². The third-order valence-electron chi connectivity index (χ3n) is 4.96. The van der Waals surface area contributed by atoms with Crippen molar-refractivity contribution in [3.63, 3.8) is 0 Å². The number of furan rings is 1. The number of hydrogen-bond donors (Lipinski definition) is 0. The number of hydrogen-bond acceptors (Lipinski definition) is 7. The van der Waals surface area contributed by atoms with E-state index in [2.05, 4.69) is 69.9 Å². The van der Waals surface area contributed by atoms with Crippen LogP contribution < -0.4 is 4.90 Å². The number of anilines is 1. The van der Waals surface area contributed by atoms with E-state index in [1.807, 2.05) is 18.2 Å². The largest absolute Gasteiger partial charge is 0.461 e. The molecule has 3 heterocycles. The molecule has 0 N–H and O–H groups in total. The van der Waals surface area contributed by atoms with Crippen molar-refractivity contribution in [3.05, 3.63) is 54.4 Å². The molecule has 0 fully saturated rings. The summed E-state index contributed by atoms with van der Waals surface area (Å²) in [7, 11) is 0. The number of thioether (sulfide) groups is 1. The Morgan fingerprint density at radius 3 is 2.47 bits per heavy atom. The highest BCUT2D eigenvalue weighted by atomic mass is 32.2. The van der Waals surface area contributed by atoms with Gasteiger partial charge < -0.3 is 18.4 Å². The van der Waals surface area contributed by atoms with Crippen LogP contribution in [0.4, 0.5) is 5.69 Å². The third-order valence-corrected chi connectivity index (χ3v) is 5.96. The highest BCUT2D eigenvalue weighted by Crippen LogP contribution is 2.29. The molecule has 156 valence electrons. The minimum absolute atomic E-state index is 0.626. The highest BCUT2D eigenvalue weighted by molar-refractivity contribution is 7.98. The first kappa shape index (κ1) is 20.3. The van der Waals surface area contributed by atoms with Crippen molar-refractivity contribution in [2.75, 3.05) is 18.0 Å². The fourth-order valence-corrected chi connectivity index (χ4v) is 4.24. The number of nitrogens with zero attached hydrogens (tertiary/aromatic N) is 5. The smallest absolute Gasteiger partial charge is 0.202 e. The SMILES string of the molecule is CCN(CC)c1ccc(-c2nnc(SCc3cc(-c4ccco4)on3)n2CC)cc1. The summed E-state index contributed by atoms with van der Waals surface area (Å²) in [4.78, 5) is 2.32. The van der Waals surface area contributed by atoms with Gasteiger partial charge in [0.2, 0.25) is 5.76 Å². The molecule has 0 radical (unpaired) electrons. The average molecular weight is 424 g/mol. The van der Waals surface area contributed by atoms with Gasteiger partial charge in [-0.2, -0.15) is 0 Å². The maximum atomic E-state index is 5.37. The zero-order valence-corrected chi connectivity index (χ0v) is 18.2. The fraction of sp³-hybridized carbons (Fsp3) is 0.318. The van der Waals surface area contributed by atoms with Crippen LogP contribution in [0.2, 0.25) is 0 Å². The quantitative estimate of drug-likeness (QED) is 0.336. The van der Waals surface area contributed by atoms with Crippen molar-refractivity contribution >= 4 is 17.4 Å². The van der Waals surface area contributed by atoms with Gasteiger partial charge in [0.05, 0.1) is 12.0 Å². The van der Waals surface area contributed by atoms with Gasteiger partial charge in [0.15, 0.2) is 16.7 Å². The second kappa shape index (κ2) is 9.21. The summed E-state index contributed by atoms with van der Waals surface area (Å²) >= 11 is 1.59. The van der Waals surface area contributed by atoms with Gasteiger partial charge in [-0.05, 0) is 57.2 Å². The Labute approximate surface area is 180 Å². The Bertz CT molecular complexity index is 1070. The zero-order valence-electron chi connectivity index (χ0n) is 17.4. The first-order chi connectivity index (χ1) is 14.7. The molecule has 0 aliphatic rings. The Morgan fingerprint density at radius 2 is 1.80 bits per heavy atom. The summed E-state index contributed by atoms with van der Waals surface area (Å²) in [6, 6.07) is 14.1. The van der Waals surface area contributed by atoms with Crippen molar-refractivity contribution in [3.8, 4) is 22.9 Å². The van der Waals surface area contributed by atoms with E-state index in [0.29, 0.717) is 17.3 Å². The molecule has 0 atom stereocenters. The summed E-state index contributed by atoms with van der Waals surface area (Å²) in [6.45, 7) is 9.21. The molecule has 7 nitrogen and oxygen atoms in total. The number of aromatic nitrogens is 4. The molecule has 8 heteroatoms. The van der Waals surface area contributed by atoms with Crippen molar-refractivity contribution < 1.29 is 8.94 Å². The van der Waals surface area contributed by atoms with E-state index in [1.165, 1.54) is 5.69 Å². The van der Waals surface area contributed by atoms with Gasteiger partial charge in [0.25, 0.3) is 0 Å². The maximum absolute atomic E-state index is 5.37. The van der Waals surface area contributed by atoms with Gasteiger partial charge >= 0.3 is 0 Å². The Hall–Kier alpha value is -3.00. The van der Waals surface area contributed by atoms with E-state index >= 15 is 0 Å². The maximum Gasteiger partial charge on any atom is 0.202 e. The Kier molecular flexibility index (Phi) is 6.23. The van der Waals surface area contributed by atoms with E-state index in [1.54, 1.807) is 18.0 Å². The Morgan fingerprint density at radius 1 is 1.00 bits per heavy atom. The van der Waals surface area contributed by atoms with E-state index in [4.69, 9.17) is 8.94 Å². The van der Waals surface area contributed by atoms with Crippen LogP contribution in [0.5, 0.6) is 0 Å². The molecule has 0 aliphatic carbocycles. The minimum atomic E-state index is 0.626. The standard InChI is InChI=1S/C22H25N5O2S/c1-4-26(5-2)18-11-9-16(10-12-18)21-23-24-22(27(21)6-3)30-15-17-14-20(29-25-17)19-8-7-13-28-19/h7-14H,4-6,15H2,1-3H3. The van der Waals surface area contributed by atoms with Gasteiger partial charge in [0.1, 0.15) is 0 Å². The van der Waals surface area contributed by atoms with Crippen LogP contribution in [0.1, 0.15) is 26.5 Å². The van der Waals surface area contributed by atoms with E-state index in [-0.39, 0.29) is 0 Å². The van der Waals surface area contributed by atoms with Gasteiger partial charge in [0, 0.05) is 42.7 Å². The van der Waals surface area contributed by atoms with Crippen LogP contribution in [0.25, 0.3) is 22.9 Å². The molecular formula is C22H25N5O2S. The van der Waals surface area contributed by atoms with Crippen LogP contribution in [0, 0.1) is 0 Å². The molecule has 4 aromatic rings. The van der Waals surface area contributed by atoms with Crippen LogP contribution in [-0.2, 0) is 12.3 Å². The average Bonchev–Trinajstić information content (AvgIpc) is 3.53. The molecule has 4 rings (SSSR count). The van der Waals surface area contributed by atoms with Crippen LogP contribution in [-0.4, -0.2) is 33.0 Å². The van der Waals surface area contributed by atoms with Crippen molar-refractivity contribution in [1.82, 2.24) is 19.9 Å². The van der Waals surface area contributed by atoms with Gasteiger partial charge in [-0.15, -0.1) is 10.2 Å². The summed E-state index contributed by atoms with van der Waals surface area (Å²) in [6.07, 6.45) is 1.62. The molecule has 30 heavy (non-hydrogen) atoms. The number of rotatable bonds is 9. The topological polar surface area (TPSA) is 73.1 Å². The monoisotopic (exact) mass is 423 g/mol. The summed E-state index contributed by atoms with van der Waals surface area (Å²) in [5, 5.41) is 13.9. The van der Waals surface area contributed by atoms with Crippen molar-refractivity contribution in [1.29, 1.82) is 0 Å². The fourth-order valence-electron chi connectivity index (χ4n) is 3.36. The van der Waals surface area contributed by atoms with Crippen LogP contribution >= 0.6 is 11.8 Å². The van der Waals surface area contributed by atoms with Crippen LogP contribution in [0.15, 0.2) is 62.8 Å². The lowest BCUT2D eigenvalue weighted by molar-refractivity contribution is 0.413. The lowest BCUT2D eigenvalue weighted by atomic mass is 10.2. The normalized spacial score (nSPS) is 11.2. The van der Waals surface area contributed by atoms with Gasteiger partial charge in [-0.3, -0.25) is 0 Å². The number of benzene rings is 1. The minimum Gasteiger partial charge on any atom is -0.461 e. The molecule has 0 unspecified atom stereocenters. The summed E-state index contributed by atoms with van der Waals surface area (Å²) < 4.78 is 12.9. The molecule has 0 spiro atoms. The molecule has 0 saturated heterocycles. The van der Waals surface area contributed by atoms with Crippen molar-refractivity contribution in [2.45, 2.75) is 38.2 Å². The molecule has 0 amide bonds. The molecule has 0 aliphatic heterocycles. The highest BCUT2D eigenvalue weighted by Gasteiger charge is 2.15. The van der Waals surface area contributed by atoms with E-state index < -0.39 is 0 Å². The summed E-state index contributed by atoms with van der Waals surface area (Å²) in [5.41, 5.74) is 3.12. The molecular weight excluding hydrogens is 398 g/mol. The molecule has 0 bridgehead atoms. The predicted octanol–water partition coefficient (Wildman–Crippen LogP) is 5.35. The third kappa shape index (κ3) is 4.14. The molecule has 1 aromatic carbocycles. The second-order valence-electron chi connectivity index (χ2n) is 6.72. The molecule has 0 saturated carbocycles.